The highest BCUT2D eigenvalue weighted by Gasteiger charge is 2.47. The molecule has 2 fully saturated rings. The molecule has 3 heterocycles. The summed E-state index contributed by atoms with van der Waals surface area (Å²) in [7, 11) is 0. The molecule has 11 nitrogen and oxygen atoms in total. The summed E-state index contributed by atoms with van der Waals surface area (Å²) in [5.41, 5.74) is -0.701. The lowest BCUT2D eigenvalue weighted by Gasteiger charge is -2.34. The van der Waals surface area contributed by atoms with Gasteiger partial charge in [0, 0.05) is 51.0 Å². The lowest BCUT2D eigenvalue weighted by atomic mass is 9.88. The van der Waals surface area contributed by atoms with Gasteiger partial charge in [0.05, 0.1) is 36.4 Å². The number of carbonyl (C=O) groups excluding carboxylic acids is 2. The maximum atomic E-state index is 13.4. The van der Waals surface area contributed by atoms with Gasteiger partial charge in [-0.25, -0.2) is 4.79 Å². The van der Waals surface area contributed by atoms with Gasteiger partial charge in [-0.05, 0) is 72.0 Å². The number of aliphatic hydroxyl groups is 4. The van der Waals surface area contributed by atoms with Gasteiger partial charge < -0.3 is 39.5 Å². The second-order valence-corrected chi connectivity index (χ2v) is 15.4. The van der Waals surface area contributed by atoms with Crippen LogP contribution in [0.3, 0.4) is 0 Å². The van der Waals surface area contributed by atoms with Crippen LogP contribution in [0.15, 0.2) is 47.6 Å². The molecule has 10 unspecified atom stereocenters. The predicted molar refractivity (Wildman–Crippen MR) is 193 cm³/mol. The number of esters is 1. The molecule has 2 saturated heterocycles. The van der Waals surface area contributed by atoms with E-state index in [1.54, 1.807) is 49.1 Å². The summed E-state index contributed by atoms with van der Waals surface area (Å²) in [5, 5.41) is 43.4. The van der Waals surface area contributed by atoms with Gasteiger partial charge in [0.25, 0.3) is 0 Å². The Bertz CT molecular complexity index is 1240. The van der Waals surface area contributed by atoms with E-state index in [1.807, 2.05) is 27.7 Å². The van der Waals surface area contributed by atoms with Crippen molar-refractivity contribution in [1.82, 2.24) is 9.80 Å². The van der Waals surface area contributed by atoms with Crippen molar-refractivity contribution < 1.29 is 44.2 Å². The molecule has 0 aliphatic carbocycles. The maximum Gasteiger partial charge on any atom is 0.410 e. The highest BCUT2D eigenvalue weighted by molar-refractivity contribution is 5.70. The monoisotopic (exact) mass is 704 g/mol. The van der Waals surface area contributed by atoms with Gasteiger partial charge in [0.2, 0.25) is 0 Å². The van der Waals surface area contributed by atoms with Crippen LogP contribution in [0.4, 0.5) is 4.79 Å². The number of aliphatic hydroxyl groups excluding tert-OH is 2. The molecular formula is C39H64N2O9. The molecule has 1 amide bonds. The van der Waals surface area contributed by atoms with E-state index < -0.39 is 47.7 Å². The van der Waals surface area contributed by atoms with E-state index in [0.717, 1.165) is 26.1 Å². The minimum absolute atomic E-state index is 0.0135. The average molecular weight is 705 g/mol. The average Bonchev–Trinajstić information content (AvgIpc) is 3.84. The quantitative estimate of drug-likeness (QED) is 0.103. The number of ether oxygens (including phenoxy) is 3. The van der Waals surface area contributed by atoms with Crippen LogP contribution in [0.1, 0.15) is 93.9 Å². The van der Waals surface area contributed by atoms with E-state index in [1.165, 1.54) is 5.57 Å². The first-order chi connectivity index (χ1) is 23.4. The zero-order valence-electron chi connectivity index (χ0n) is 31.6. The molecule has 0 aromatic rings. The van der Waals surface area contributed by atoms with Crippen molar-refractivity contribution in [3.63, 3.8) is 0 Å². The Hall–Kier alpha value is -2.54. The smallest absolute Gasteiger partial charge is 0.410 e. The van der Waals surface area contributed by atoms with Gasteiger partial charge >= 0.3 is 12.1 Å². The summed E-state index contributed by atoms with van der Waals surface area (Å²) < 4.78 is 17.6. The topological polar surface area (TPSA) is 153 Å². The number of nitrogens with zero attached hydrogens (tertiary/aromatic N) is 2. The number of amides is 1. The van der Waals surface area contributed by atoms with Crippen molar-refractivity contribution in [2.45, 2.75) is 142 Å². The lowest BCUT2D eigenvalue weighted by molar-refractivity contribution is -0.151. The second kappa shape index (κ2) is 18.8. The van der Waals surface area contributed by atoms with Gasteiger partial charge in [-0.2, -0.15) is 0 Å². The fourth-order valence-corrected chi connectivity index (χ4v) is 6.63. The first-order valence-corrected chi connectivity index (χ1v) is 18.4. The van der Waals surface area contributed by atoms with Gasteiger partial charge in [-0.15, -0.1) is 0 Å². The Morgan fingerprint density at radius 2 is 1.92 bits per heavy atom. The van der Waals surface area contributed by atoms with Crippen molar-refractivity contribution >= 4 is 12.1 Å². The SMILES string of the molecule is CCC(O)C(C)C1OC1CC(C)(O)C=CC=C(C)C1OC(=O)CC(O)CCC(C)(O)C(OC(=O)N2CCCN(CC=C(C)C)CC2)C=CC1C. The van der Waals surface area contributed by atoms with Crippen LogP contribution < -0.4 is 0 Å². The molecule has 0 bridgehead atoms. The highest BCUT2D eigenvalue weighted by atomic mass is 16.6. The molecular weight excluding hydrogens is 640 g/mol. The molecule has 0 radical (unpaired) electrons. The van der Waals surface area contributed by atoms with Crippen LogP contribution in [0.5, 0.6) is 0 Å². The summed E-state index contributed by atoms with van der Waals surface area (Å²) in [4.78, 5) is 30.3. The van der Waals surface area contributed by atoms with E-state index in [9.17, 15) is 30.0 Å². The molecule has 3 rings (SSSR count). The van der Waals surface area contributed by atoms with Gasteiger partial charge in [-0.1, -0.05) is 56.7 Å². The summed E-state index contributed by atoms with van der Waals surface area (Å²) in [5.74, 6) is -0.957. The van der Waals surface area contributed by atoms with Crippen molar-refractivity contribution in [3.05, 3.63) is 47.6 Å². The third-order valence-electron chi connectivity index (χ3n) is 10.2. The van der Waals surface area contributed by atoms with Crippen LogP contribution >= 0.6 is 0 Å². The molecule has 11 heteroatoms. The third kappa shape index (κ3) is 13.2. The van der Waals surface area contributed by atoms with E-state index in [4.69, 9.17) is 14.2 Å². The van der Waals surface area contributed by atoms with Gasteiger partial charge in [-0.3, -0.25) is 9.69 Å². The lowest BCUT2D eigenvalue weighted by Crippen LogP contribution is -2.45. The molecule has 284 valence electrons. The maximum absolute atomic E-state index is 13.4. The van der Waals surface area contributed by atoms with Gasteiger partial charge in [0.15, 0.2) is 6.10 Å². The highest BCUT2D eigenvalue weighted by Crippen LogP contribution is 2.37. The second-order valence-electron chi connectivity index (χ2n) is 15.4. The molecule has 0 spiro atoms. The zero-order valence-corrected chi connectivity index (χ0v) is 31.6. The van der Waals surface area contributed by atoms with E-state index >= 15 is 0 Å². The molecule has 0 aromatic heterocycles. The molecule has 0 saturated carbocycles. The van der Waals surface area contributed by atoms with Crippen LogP contribution in [0.25, 0.3) is 0 Å². The Kier molecular flexibility index (Phi) is 15.7. The zero-order chi connectivity index (χ0) is 37.2. The summed E-state index contributed by atoms with van der Waals surface area (Å²) in [6.45, 7) is 18.5. The number of allylic oxidation sites excluding steroid dienone is 3. The predicted octanol–water partition coefficient (Wildman–Crippen LogP) is 4.68. The van der Waals surface area contributed by atoms with Gasteiger partial charge in [0.1, 0.15) is 11.7 Å². The molecule has 4 N–H and O–H groups in total. The van der Waals surface area contributed by atoms with Crippen LogP contribution in [-0.4, -0.2) is 123 Å². The molecule has 0 aromatic carbocycles. The van der Waals surface area contributed by atoms with Crippen molar-refractivity contribution in [1.29, 1.82) is 0 Å². The van der Waals surface area contributed by atoms with Crippen molar-refractivity contribution in [2.75, 3.05) is 32.7 Å². The number of hydrogen-bond acceptors (Lipinski definition) is 10. The van der Waals surface area contributed by atoms with Crippen LogP contribution in [0, 0.1) is 11.8 Å². The minimum Gasteiger partial charge on any atom is -0.457 e. The largest absolute Gasteiger partial charge is 0.457 e. The fraction of sp³-hybridized carbons (Fsp3) is 0.744. The first-order valence-electron chi connectivity index (χ1n) is 18.4. The number of carbonyl (C=O) groups is 2. The van der Waals surface area contributed by atoms with E-state index in [-0.39, 0.29) is 43.3 Å². The van der Waals surface area contributed by atoms with Crippen molar-refractivity contribution in [2.24, 2.45) is 11.8 Å². The number of epoxide rings is 1. The molecule has 3 aliphatic heterocycles. The Labute approximate surface area is 299 Å². The van der Waals surface area contributed by atoms with E-state index in [2.05, 4.69) is 24.8 Å². The standard InChI is InChI=1S/C39H64N2O9/c1-9-31(43)29(6)36-32(48-36)25-38(7,46)17-10-12-27(4)35-28(5)13-14-33(39(8,47)18-15-30(42)24-34(44)50-35)49-37(45)41-20-11-19-40(22-23-41)21-16-26(2)3/h10,12-14,16-17,28-33,35-36,42-43,46-47H,9,11,15,18-25H2,1-8H3. The third-order valence-corrected chi connectivity index (χ3v) is 10.2. The van der Waals surface area contributed by atoms with Crippen LogP contribution in [0.2, 0.25) is 0 Å². The molecule has 50 heavy (non-hydrogen) atoms. The normalized spacial score (nSPS) is 32.9. The first kappa shape index (κ1) is 41.9. The summed E-state index contributed by atoms with van der Waals surface area (Å²) in [6.07, 6.45) is 8.69. The molecule has 3 aliphatic rings. The minimum atomic E-state index is -1.50. The fourth-order valence-electron chi connectivity index (χ4n) is 6.63. The van der Waals surface area contributed by atoms with Crippen LogP contribution in [-0.2, 0) is 19.0 Å². The van der Waals surface area contributed by atoms with Crippen molar-refractivity contribution in [3.8, 4) is 0 Å². The number of rotatable bonds is 11. The Balaban J connectivity index is 1.74. The Morgan fingerprint density at radius 1 is 1.20 bits per heavy atom. The summed E-state index contributed by atoms with van der Waals surface area (Å²) in [6, 6.07) is 0. The summed E-state index contributed by atoms with van der Waals surface area (Å²) >= 11 is 0. The number of hydrogen-bond donors (Lipinski definition) is 4. The van der Waals surface area contributed by atoms with E-state index in [0.29, 0.717) is 31.5 Å². The Morgan fingerprint density at radius 3 is 2.60 bits per heavy atom. The number of cyclic esters (lactones) is 1. The molecule has 10 atom stereocenters.